The molecule has 1 aliphatic heterocycles. The average Bonchev–Trinajstić information content (AvgIpc) is 2.89. The Morgan fingerprint density at radius 2 is 2.14 bits per heavy atom. The predicted octanol–water partition coefficient (Wildman–Crippen LogP) is -0.472. The standard InChI is InChI=1S/C14H16N4O4/c15-13-9(8-1-3-16-4-2-8)6-18(14(21)17-13)12-5-10(20)11(7-19)22-12/h1-4,6,10-12,19-20H,5,7H2,(H2,15,17,21)/t10-,11+,12+/m0/s1. The summed E-state index contributed by atoms with van der Waals surface area (Å²) >= 11 is 0. The minimum absolute atomic E-state index is 0.115. The molecule has 2 aromatic heterocycles. The van der Waals surface area contributed by atoms with Crippen LogP contribution in [0.3, 0.4) is 0 Å². The number of hydrogen-bond donors (Lipinski definition) is 3. The van der Waals surface area contributed by atoms with E-state index in [-0.39, 0.29) is 18.8 Å². The average molecular weight is 304 g/mol. The number of nitrogens with zero attached hydrogens (tertiary/aromatic N) is 3. The minimum atomic E-state index is -0.830. The van der Waals surface area contributed by atoms with Crippen molar-refractivity contribution in [3.63, 3.8) is 0 Å². The molecule has 0 unspecified atom stereocenters. The van der Waals surface area contributed by atoms with Gasteiger partial charge in [0, 0.05) is 30.6 Å². The number of aromatic nitrogens is 3. The van der Waals surface area contributed by atoms with Crippen molar-refractivity contribution >= 4 is 5.82 Å². The molecule has 0 amide bonds. The summed E-state index contributed by atoms with van der Waals surface area (Å²) in [6, 6.07) is 3.51. The molecular formula is C14H16N4O4. The molecule has 0 aromatic carbocycles. The maximum atomic E-state index is 12.0. The number of aliphatic hydroxyl groups is 2. The van der Waals surface area contributed by atoms with E-state index in [0.717, 1.165) is 5.56 Å². The van der Waals surface area contributed by atoms with Crippen LogP contribution >= 0.6 is 0 Å². The van der Waals surface area contributed by atoms with Crippen molar-refractivity contribution < 1.29 is 14.9 Å². The Morgan fingerprint density at radius 3 is 2.77 bits per heavy atom. The largest absolute Gasteiger partial charge is 0.394 e. The van der Waals surface area contributed by atoms with E-state index in [1.54, 1.807) is 30.7 Å². The highest BCUT2D eigenvalue weighted by Gasteiger charge is 2.35. The van der Waals surface area contributed by atoms with E-state index in [1.165, 1.54) is 4.57 Å². The van der Waals surface area contributed by atoms with Gasteiger partial charge in [0.15, 0.2) is 0 Å². The molecule has 2 aromatic rings. The Balaban J connectivity index is 2.01. The Labute approximate surface area is 125 Å². The van der Waals surface area contributed by atoms with Gasteiger partial charge in [-0.2, -0.15) is 4.98 Å². The molecule has 1 saturated heterocycles. The van der Waals surface area contributed by atoms with Crippen LogP contribution in [0.25, 0.3) is 11.1 Å². The number of anilines is 1. The fourth-order valence-corrected chi connectivity index (χ4v) is 2.49. The van der Waals surface area contributed by atoms with Gasteiger partial charge in [0.1, 0.15) is 18.1 Å². The number of pyridine rings is 1. The first-order valence-corrected chi connectivity index (χ1v) is 6.83. The third-order valence-corrected chi connectivity index (χ3v) is 3.67. The molecule has 0 radical (unpaired) electrons. The summed E-state index contributed by atoms with van der Waals surface area (Å²) in [6.45, 7) is -0.313. The molecule has 1 fully saturated rings. The van der Waals surface area contributed by atoms with Crippen molar-refractivity contribution in [2.75, 3.05) is 12.3 Å². The van der Waals surface area contributed by atoms with Crippen molar-refractivity contribution in [2.24, 2.45) is 0 Å². The summed E-state index contributed by atoms with van der Waals surface area (Å²) in [6.07, 6.45) is 2.75. The van der Waals surface area contributed by atoms with Gasteiger partial charge in [-0.3, -0.25) is 9.55 Å². The molecule has 0 bridgehead atoms. The quantitative estimate of drug-likeness (QED) is 0.700. The maximum Gasteiger partial charge on any atom is 0.351 e. The van der Waals surface area contributed by atoms with E-state index in [0.29, 0.717) is 5.56 Å². The van der Waals surface area contributed by atoms with Crippen LogP contribution in [0.4, 0.5) is 5.82 Å². The summed E-state index contributed by atoms with van der Waals surface area (Å²) in [4.78, 5) is 19.8. The number of rotatable bonds is 3. The molecule has 4 N–H and O–H groups in total. The Bertz CT molecular complexity index is 719. The first-order valence-electron chi connectivity index (χ1n) is 6.83. The first kappa shape index (κ1) is 14.6. The van der Waals surface area contributed by atoms with Crippen LogP contribution in [-0.2, 0) is 4.74 Å². The maximum absolute atomic E-state index is 12.0. The lowest BCUT2D eigenvalue weighted by atomic mass is 10.1. The van der Waals surface area contributed by atoms with Crippen LogP contribution < -0.4 is 11.4 Å². The van der Waals surface area contributed by atoms with Gasteiger partial charge in [0.05, 0.1) is 12.7 Å². The number of hydrogen-bond acceptors (Lipinski definition) is 7. The normalized spacial score (nSPS) is 24.5. The second kappa shape index (κ2) is 5.84. The smallest absolute Gasteiger partial charge is 0.351 e. The monoisotopic (exact) mass is 304 g/mol. The van der Waals surface area contributed by atoms with Crippen LogP contribution in [-0.4, -0.2) is 43.6 Å². The fourth-order valence-electron chi connectivity index (χ4n) is 2.49. The van der Waals surface area contributed by atoms with Gasteiger partial charge in [-0.1, -0.05) is 0 Å². The van der Waals surface area contributed by atoms with Gasteiger partial charge >= 0.3 is 5.69 Å². The Hall–Kier alpha value is -2.29. The van der Waals surface area contributed by atoms with E-state index < -0.39 is 24.1 Å². The van der Waals surface area contributed by atoms with E-state index in [9.17, 15) is 9.90 Å². The summed E-state index contributed by atoms with van der Waals surface area (Å²) in [5.74, 6) is 0.115. The molecule has 8 heteroatoms. The van der Waals surface area contributed by atoms with Crippen molar-refractivity contribution in [1.82, 2.24) is 14.5 Å². The van der Waals surface area contributed by atoms with Gasteiger partial charge in [-0.15, -0.1) is 0 Å². The topological polar surface area (TPSA) is 123 Å². The molecule has 0 spiro atoms. The lowest BCUT2D eigenvalue weighted by Crippen LogP contribution is -2.28. The molecular weight excluding hydrogens is 288 g/mol. The van der Waals surface area contributed by atoms with Crippen LogP contribution in [0.5, 0.6) is 0 Å². The minimum Gasteiger partial charge on any atom is -0.394 e. The van der Waals surface area contributed by atoms with Crippen LogP contribution in [0.2, 0.25) is 0 Å². The van der Waals surface area contributed by atoms with E-state index in [2.05, 4.69) is 9.97 Å². The summed E-state index contributed by atoms with van der Waals surface area (Å²) in [5.41, 5.74) is 6.61. The molecule has 3 atom stereocenters. The molecule has 1 aliphatic rings. The second-order valence-corrected chi connectivity index (χ2v) is 5.08. The summed E-state index contributed by atoms with van der Waals surface area (Å²) in [7, 11) is 0. The molecule has 116 valence electrons. The second-order valence-electron chi connectivity index (χ2n) is 5.08. The van der Waals surface area contributed by atoms with Crippen molar-refractivity contribution in [3.8, 4) is 11.1 Å². The number of aliphatic hydroxyl groups excluding tert-OH is 2. The highest BCUT2D eigenvalue weighted by molar-refractivity contribution is 5.72. The van der Waals surface area contributed by atoms with Crippen LogP contribution in [0.1, 0.15) is 12.6 Å². The highest BCUT2D eigenvalue weighted by Crippen LogP contribution is 2.29. The zero-order valence-corrected chi connectivity index (χ0v) is 11.7. The van der Waals surface area contributed by atoms with Crippen LogP contribution in [0, 0.1) is 0 Å². The third-order valence-electron chi connectivity index (χ3n) is 3.67. The van der Waals surface area contributed by atoms with Gasteiger partial charge in [0.25, 0.3) is 0 Å². The van der Waals surface area contributed by atoms with Crippen molar-refractivity contribution in [1.29, 1.82) is 0 Å². The molecule has 3 rings (SSSR count). The SMILES string of the molecule is Nc1nc(=O)n([C@H]2C[C@H](O)[C@@H](CO)O2)cc1-c1ccncc1. The van der Waals surface area contributed by atoms with E-state index >= 15 is 0 Å². The van der Waals surface area contributed by atoms with Crippen molar-refractivity contribution in [3.05, 3.63) is 41.2 Å². The summed E-state index contributed by atoms with van der Waals surface area (Å²) < 4.78 is 6.77. The molecule has 22 heavy (non-hydrogen) atoms. The van der Waals surface area contributed by atoms with Gasteiger partial charge in [0.2, 0.25) is 0 Å². The molecule has 8 nitrogen and oxygen atoms in total. The first-order chi connectivity index (χ1) is 10.6. The van der Waals surface area contributed by atoms with Crippen LogP contribution in [0.15, 0.2) is 35.5 Å². The lowest BCUT2D eigenvalue weighted by molar-refractivity contribution is -0.0458. The number of nitrogens with two attached hydrogens (primary N) is 1. The third kappa shape index (κ3) is 2.59. The molecule has 0 saturated carbocycles. The fraction of sp³-hybridized carbons (Fsp3) is 0.357. The molecule has 0 aliphatic carbocycles. The van der Waals surface area contributed by atoms with Gasteiger partial charge in [-0.05, 0) is 17.7 Å². The molecule has 3 heterocycles. The van der Waals surface area contributed by atoms with E-state index in [4.69, 9.17) is 15.6 Å². The number of ether oxygens (including phenoxy) is 1. The Morgan fingerprint density at radius 1 is 1.41 bits per heavy atom. The zero-order valence-electron chi connectivity index (χ0n) is 11.7. The van der Waals surface area contributed by atoms with Crippen molar-refractivity contribution in [2.45, 2.75) is 24.9 Å². The van der Waals surface area contributed by atoms with Gasteiger partial charge in [-0.25, -0.2) is 4.79 Å². The Kier molecular flexibility index (Phi) is 3.88. The van der Waals surface area contributed by atoms with E-state index in [1.807, 2.05) is 0 Å². The lowest BCUT2D eigenvalue weighted by Gasteiger charge is -2.16. The van der Waals surface area contributed by atoms with Gasteiger partial charge < -0.3 is 20.7 Å². The number of nitrogen functional groups attached to an aromatic ring is 1. The predicted molar refractivity (Wildman–Crippen MR) is 77.8 cm³/mol. The highest BCUT2D eigenvalue weighted by atomic mass is 16.5. The summed E-state index contributed by atoms with van der Waals surface area (Å²) in [5, 5.41) is 18.9. The zero-order chi connectivity index (χ0) is 15.7.